The number of thioether (sulfide) groups is 1. The number of amides is 1. The van der Waals surface area contributed by atoms with E-state index in [1.165, 1.54) is 28.8 Å². The van der Waals surface area contributed by atoms with E-state index < -0.39 is 5.82 Å². The van der Waals surface area contributed by atoms with Crippen LogP contribution >= 0.6 is 23.4 Å². The quantitative estimate of drug-likeness (QED) is 0.409. The molecule has 4 rings (SSSR count). The van der Waals surface area contributed by atoms with Gasteiger partial charge < -0.3 is 9.47 Å². The lowest BCUT2D eigenvalue weighted by Crippen LogP contribution is -2.28. The number of carbonyl (C=O) groups is 1. The second kappa shape index (κ2) is 8.57. The van der Waals surface area contributed by atoms with Crippen LogP contribution in [0.5, 0.6) is 0 Å². The summed E-state index contributed by atoms with van der Waals surface area (Å²) in [4.78, 5) is 18.6. The fourth-order valence-corrected chi connectivity index (χ4v) is 4.26. The molecular weight excluding hydrogens is 425 g/mol. The largest absolute Gasteiger partial charge is 0.341 e. The second-order valence-corrected chi connectivity index (χ2v) is 8.12. The maximum Gasteiger partial charge on any atom is 0.233 e. The van der Waals surface area contributed by atoms with Crippen molar-refractivity contribution in [1.82, 2.24) is 24.6 Å². The predicted molar refractivity (Wildman–Crippen MR) is 117 cm³/mol. The molecule has 0 radical (unpaired) electrons. The lowest BCUT2D eigenvalue weighted by Gasteiger charge is -2.18. The summed E-state index contributed by atoms with van der Waals surface area (Å²) in [7, 11) is 1.61. The molecule has 0 atom stereocenters. The Morgan fingerprint density at radius 2 is 2.00 bits per heavy atom. The number of carbonyl (C=O) groups excluding carboxylic acids is 1. The van der Waals surface area contributed by atoms with Gasteiger partial charge in [0.15, 0.2) is 5.65 Å². The Morgan fingerprint density at radius 1 is 1.20 bits per heavy atom. The van der Waals surface area contributed by atoms with Gasteiger partial charge in [-0.15, -0.1) is 10.2 Å². The molecule has 6 nitrogen and oxygen atoms in total. The molecule has 0 N–H and O–H groups in total. The minimum atomic E-state index is -0.430. The summed E-state index contributed by atoms with van der Waals surface area (Å²) >= 11 is 7.26. The molecule has 0 fully saturated rings. The van der Waals surface area contributed by atoms with Gasteiger partial charge >= 0.3 is 0 Å². The number of rotatable bonds is 6. The Labute approximate surface area is 182 Å². The molecule has 0 spiro atoms. The van der Waals surface area contributed by atoms with Gasteiger partial charge in [-0.3, -0.25) is 4.79 Å². The number of hydrogen-bond acceptors (Lipinski definition) is 5. The Kier molecular flexibility index (Phi) is 5.87. The molecule has 0 saturated heterocycles. The number of benzene rings is 2. The fraction of sp³-hybridized carbons (Fsp3) is 0.238. The van der Waals surface area contributed by atoms with Gasteiger partial charge in [0.05, 0.1) is 11.3 Å². The number of hydrogen-bond donors (Lipinski definition) is 0. The van der Waals surface area contributed by atoms with E-state index in [2.05, 4.69) is 19.7 Å². The molecule has 0 aliphatic heterocycles. The van der Waals surface area contributed by atoms with Crippen LogP contribution in [0.25, 0.3) is 22.1 Å². The molecule has 2 aromatic carbocycles. The lowest BCUT2D eigenvalue weighted by atomic mass is 10.2. The third-order valence-corrected chi connectivity index (χ3v) is 6.05. The molecule has 0 aliphatic rings. The van der Waals surface area contributed by atoms with E-state index in [9.17, 15) is 9.18 Å². The van der Waals surface area contributed by atoms with Crippen LogP contribution in [0.2, 0.25) is 5.02 Å². The minimum Gasteiger partial charge on any atom is -0.341 e. The summed E-state index contributed by atoms with van der Waals surface area (Å²) in [6.45, 7) is 2.89. The maximum atomic E-state index is 14.0. The molecule has 1 amide bonds. The summed E-state index contributed by atoms with van der Waals surface area (Å²) in [6.07, 6.45) is 0. The van der Waals surface area contributed by atoms with Crippen molar-refractivity contribution in [3.63, 3.8) is 0 Å². The molecule has 0 aliphatic carbocycles. The first-order valence-corrected chi connectivity index (χ1v) is 10.8. The van der Waals surface area contributed by atoms with Crippen molar-refractivity contribution >= 4 is 51.3 Å². The monoisotopic (exact) mass is 443 g/mol. The van der Waals surface area contributed by atoms with Crippen LogP contribution in [0.4, 0.5) is 4.39 Å². The molecule has 2 heterocycles. The van der Waals surface area contributed by atoms with Crippen molar-refractivity contribution in [2.75, 3.05) is 12.8 Å². The van der Waals surface area contributed by atoms with Crippen molar-refractivity contribution in [2.45, 2.75) is 25.2 Å². The number of aromatic nitrogens is 4. The zero-order chi connectivity index (χ0) is 21.3. The van der Waals surface area contributed by atoms with Crippen molar-refractivity contribution in [3.8, 4) is 0 Å². The van der Waals surface area contributed by atoms with Crippen molar-refractivity contribution in [1.29, 1.82) is 0 Å². The molecular formula is C21H19ClFN5OS. The van der Waals surface area contributed by atoms with Crippen LogP contribution in [-0.4, -0.2) is 43.4 Å². The zero-order valence-corrected chi connectivity index (χ0v) is 18.0. The minimum absolute atomic E-state index is 0.0904. The number of halogens is 2. The normalized spacial score (nSPS) is 11.3. The summed E-state index contributed by atoms with van der Waals surface area (Å²) in [5, 5.41) is 10.3. The highest BCUT2D eigenvalue weighted by Crippen LogP contribution is 2.27. The van der Waals surface area contributed by atoms with E-state index in [1.807, 2.05) is 31.2 Å². The van der Waals surface area contributed by atoms with Gasteiger partial charge in [-0.2, -0.15) is 0 Å². The average molecular weight is 444 g/mol. The smallest absolute Gasteiger partial charge is 0.233 e. The van der Waals surface area contributed by atoms with Gasteiger partial charge in [-0.25, -0.2) is 9.37 Å². The summed E-state index contributed by atoms with van der Waals surface area (Å²) < 4.78 is 16.1. The van der Waals surface area contributed by atoms with E-state index in [1.54, 1.807) is 13.1 Å². The van der Waals surface area contributed by atoms with Crippen LogP contribution in [0.3, 0.4) is 0 Å². The summed E-state index contributed by atoms with van der Waals surface area (Å²) in [5.74, 6) is -0.499. The molecule has 30 heavy (non-hydrogen) atoms. The molecule has 0 bridgehead atoms. The second-order valence-electron chi connectivity index (χ2n) is 6.77. The Hall–Kier alpha value is -2.71. The van der Waals surface area contributed by atoms with E-state index in [0.717, 1.165) is 28.6 Å². The van der Waals surface area contributed by atoms with Gasteiger partial charge in [0.1, 0.15) is 11.3 Å². The maximum absolute atomic E-state index is 14.0. The van der Waals surface area contributed by atoms with Gasteiger partial charge in [0, 0.05) is 36.1 Å². The number of para-hydroxylation sites is 1. The van der Waals surface area contributed by atoms with Crippen LogP contribution in [0.15, 0.2) is 47.6 Å². The predicted octanol–water partition coefficient (Wildman–Crippen LogP) is 4.54. The van der Waals surface area contributed by atoms with Gasteiger partial charge in [0.25, 0.3) is 0 Å². The first kappa shape index (κ1) is 20.6. The van der Waals surface area contributed by atoms with Crippen LogP contribution < -0.4 is 0 Å². The molecule has 4 aromatic rings. The first-order valence-electron chi connectivity index (χ1n) is 9.41. The Morgan fingerprint density at radius 3 is 2.77 bits per heavy atom. The number of fused-ring (bicyclic) bond motifs is 3. The van der Waals surface area contributed by atoms with E-state index in [-0.39, 0.29) is 18.2 Å². The SMILES string of the molecule is CCn1c2ccccc2c2nnc(SCC(=O)N(C)Cc3c(F)cccc3Cl)nc21. The van der Waals surface area contributed by atoms with Crippen LogP contribution in [0, 0.1) is 5.82 Å². The molecule has 0 unspecified atom stereocenters. The highest BCUT2D eigenvalue weighted by atomic mass is 35.5. The van der Waals surface area contributed by atoms with Crippen molar-refractivity contribution in [2.24, 2.45) is 0 Å². The number of nitrogens with zero attached hydrogens (tertiary/aromatic N) is 5. The van der Waals surface area contributed by atoms with E-state index in [0.29, 0.717) is 15.7 Å². The highest BCUT2D eigenvalue weighted by Gasteiger charge is 2.17. The Bertz CT molecular complexity index is 1220. The molecule has 9 heteroatoms. The standard InChI is InChI=1S/C21H19ClFN5OS/c1-3-28-17-10-5-4-7-13(17)19-20(28)24-21(26-25-19)30-12-18(29)27(2)11-14-15(22)8-6-9-16(14)23/h4-10H,3,11-12H2,1-2H3. The summed E-state index contributed by atoms with van der Waals surface area (Å²) in [5.41, 5.74) is 2.84. The average Bonchev–Trinajstić information content (AvgIpc) is 3.07. The third-order valence-electron chi connectivity index (χ3n) is 4.88. The lowest BCUT2D eigenvalue weighted by molar-refractivity contribution is -0.127. The molecule has 2 aromatic heterocycles. The number of aryl methyl sites for hydroxylation is 1. The van der Waals surface area contributed by atoms with Crippen molar-refractivity contribution in [3.05, 3.63) is 58.9 Å². The van der Waals surface area contributed by atoms with Crippen LogP contribution in [0.1, 0.15) is 12.5 Å². The van der Waals surface area contributed by atoms with E-state index in [4.69, 9.17) is 11.6 Å². The zero-order valence-electron chi connectivity index (χ0n) is 16.5. The molecule has 154 valence electrons. The Balaban J connectivity index is 1.50. The highest BCUT2D eigenvalue weighted by molar-refractivity contribution is 7.99. The van der Waals surface area contributed by atoms with Gasteiger partial charge in [-0.1, -0.05) is 47.6 Å². The first-order chi connectivity index (χ1) is 14.5. The van der Waals surface area contributed by atoms with Gasteiger partial charge in [-0.05, 0) is 25.1 Å². The van der Waals surface area contributed by atoms with Crippen molar-refractivity contribution < 1.29 is 9.18 Å². The summed E-state index contributed by atoms with van der Waals surface area (Å²) in [6, 6.07) is 12.4. The van der Waals surface area contributed by atoms with Gasteiger partial charge in [0.2, 0.25) is 11.1 Å². The third kappa shape index (κ3) is 3.85. The van der Waals surface area contributed by atoms with E-state index >= 15 is 0 Å². The molecule has 0 saturated carbocycles. The van der Waals surface area contributed by atoms with Crippen LogP contribution in [-0.2, 0) is 17.9 Å². The topological polar surface area (TPSA) is 63.9 Å². The fourth-order valence-electron chi connectivity index (χ4n) is 3.32.